The van der Waals surface area contributed by atoms with E-state index in [1.165, 1.54) is 77.4 Å². The first-order chi connectivity index (χ1) is 22.1. The van der Waals surface area contributed by atoms with Crippen molar-refractivity contribution in [3.8, 4) is 0 Å². The highest BCUT2D eigenvalue weighted by molar-refractivity contribution is 6.28. The molecule has 7 aromatic carbocycles. The fourth-order valence-electron chi connectivity index (χ4n) is 7.44. The summed E-state index contributed by atoms with van der Waals surface area (Å²) in [5.74, 6) is 0. The lowest BCUT2D eigenvalue weighted by Gasteiger charge is -2.30. The van der Waals surface area contributed by atoms with Crippen LogP contribution in [0.15, 0.2) is 121 Å². The van der Waals surface area contributed by atoms with Crippen LogP contribution in [0, 0.1) is 0 Å². The predicted molar refractivity (Wildman–Crippen MR) is 199 cm³/mol. The van der Waals surface area contributed by atoms with Crippen LogP contribution in [0.1, 0.15) is 58.2 Å². The molecule has 0 atom stereocenters. The summed E-state index contributed by atoms with van der Waals surface area (Å²) in [5.41, 5.74) is 10.5. The Kier molecular flexibility index (Phi) is 6.45. The van der Waals surface area contributed by atoms with E-state index < -0.39 is 0 Å². The fourth-order valence-corrected chi connectivity index (χ4v) is 7.44. The third-order valence-electron chi connectivity index (χ3n) is 10.0. The van der Waals surface area contributed by atoms with Crippen LogP contribution >= 0.6 is 0 Å². The van der Waals surface area contributed by atoms with E-state index in [4.69, 9.17) is 0 Å². The molecule has 0 N–H and O–H groups in total. The number of nitrogens with zero attached hydrogens (tertiary/aromatic N) is 2. The largest absolute Gasteiger partial charge is 0.340 e. The summed E-state index contributed by atoms with van der Waals surface area (Å²) in [6, 6.07) is 45.8. The summed E-state index contributed by atoms with van der Waals surface area (Å²) < 4.78 is 0. The predicted octanol–water partition coefficient (Wildman–Crippen LogP) is 12.3. The minimum Gasteiger partial charge on any atom is -0.340 e. The molecule has 0 saturated heterocycles. The van der Waals surface area contributed by atoms with Crippen LogP contribution in [0.2, 0.25) is 0 Å². The van der Waals surface area contributed by atoms with E-state index in [1.54, 1.807) is 0 Å². The van der Waals surface area contributed by atoms with Crippen molar-refractivity contribution in [2.24, 2.45) is 0 Å². The molecule has 46 heavy (non-hydrogen) atoms. The minimum absolute atomic E-state index is 0.0955. The lowest BCUT2D eigenvalue weighted by atomic mass is 9.86. The van der Waals surface area contributed by atoms with Crippen molar-refractivity contribution in [1.82, 2.24) is 0 Å². The molecule has 7 aromatic rings. The summed E-state index contributed by atoms with van der Waals surface area (Å²) in [4.78, 5) is 4.96. The van der Waals surface area contributed by atoms with Crippen LogP contribution < -0.4 is 9.80 Å². The Morgan fingerprint density at radius 2 is 1.02 bits per heavy atom. The van der Waals surface area contributed by atoms with Crippen molar-refractivity contribution in [3.63, 3.8) is 0 Å². The van der Waals surface area contributed by atoms with Crippen molar-refractivity contribution < 1.29 is 0 Å². The van der Waals surface area contributed by atoms with Gasteiger partial charge < -0.3 is 9.80 Å². The zero-order valence-electron chi connectivity index (χ0n) is 27.9. The molecule has 0 radical (unpaired) electrons. The minimum atomic E-state index is 0.0955. The average molecular weight is 599 g/mol. The molecular weight excluding hydrogens is 556 g/mol. The van der Waals surface area contributed by atoms with Gasteiger partial charge in [-0.25, -0.2) is 0 Å². The fraction of sp³-hybridized carbons (Fsp3) is 0.227. The summed E-state index contributed by atoms with van der Waals surface area (Å²) >= 11 is 0. The van der Waals surface area contributed by atoms with Gasteiger partial charge >= 0.3 is 0 Å². The Morgan fingerprint density at radius 3 is 1.63 bits per heavy atom. The molecule has 0 bridgehead atoms. The van der Waals surface area contributed by atoms with Crippen molar-refractivity contribution in [1.29, 1.82) is 0 Å². The molecule has 0 fully saturated rings. The maximum atomic E-state index is 2.52. The quantitative estimate of drug-likeness (QED) is 0.186. The van der Waals surface area contributed by atoms with Crippen molar-refractivity contribution in [2.75, 3.05) is 16.3 Å². The Morgan fingerprint density at radius 1 is 0.500 bits per heavy atom. The second-order valence-corrected chi connectivity index (χ2v) is 15.1. The highest BCUT2D eigenvalue weighted by Gasteiger charge is 2.25. The van der Waals surface area contributed by atoms with Crippen LogP contribution in [0.25, 0.3) is 32.3 Å². The molecule has 2 nitrogen and oxygen atoms in total. The highest BCUT2D eigenvalue weighted by Crippen LogP contribution is 2.47. The molecule has 1 aliphatic rings. The zero-order chi connectivity index (χ0) is 31.8. The molecular formula is C44H42N2. The SMILES string of the molecule is CC(C)(C)c1ccc(N(c2ccc(C(C)(C)C)cc2)c2ccc3ccc4c(N5CCc6ccccc65)ccc5ccc2c3c54)cc1. The number of para-hydroxylation sites is 1. The summed E-state index contributed by atoms with van der Waals surface area (Å²) in [7, 11) is 0. The van der Waals surface area contributed by atoms with Crippen molar-refractivity contribution in [2.45, 2.75) is 58.8 Å². The van der Waals surface area contributed by atoms with E-state index in [0.717, 1.165) is 13.0 Å². The summed E-state index contributed by atoms with van der Waals surface area (Å²) in [5, 5.41) is 7.85. The van der Waals surface area contributed by atoms with Gasteiger partial charge in [0.25, 0.3) is 0 Å². The number of anilines is 5. The smallest absolute Gasteiger partial charge is 0.0540 e. The van der Waals surface area contributed by atoms with Gasteiger partial charge in [-0.3, -0.25) is 0 Å². The average Bonchev–Trinajstić information content (AvgIpc) is 3.48. The van der Waals surface area contributed by atoms with Gasteiger partial charge in [-0.15, -0.1) is 0 Å². The molecule has 0 spiro atoms. The Labute approximate surface area is 273 Å². The third kappa shape index (κ3) is 4.62. The molecule has 0 amide bonds. The molecule has 1 heterocycles. The standard InChI is InChI=1S/C44H42N2/c1-43(2,3)32-15-19-34(20-16-32)46(35-21-17-33(18-22-35)44(4,5)6)40-26-14-31-11-23-36-39(45-28-27-29-9-7-8-10-38(29)45)25-13-30-12-24-37(40)42(31)41(30)36/h7-26H,27-28H2,1-6H3. The number of fused-ring (bicyclic) bond motifs is 1. The van der Waals surface area contributed by atoms with Gasteiger partial charge in [0.15, 0.2) is 0 Å². The van der Waals surface area contributed by atoms with E-state index >= 15 is 0 Å². The van der Waals surface area contributed by atoms with Gasteiger partial charge in [-0.1, -0.05) is 120 Å². The molecule has 0 unspecified atom stereocenters. The first-order valence-corrected chi connectivity index (χ1v) is 16.7. The second kappa shape index (κ2) is 10.4. The van der Waals surface area contributed by atoms with Crippen LogP contribution in [0.4, 0.5) is 28.4 Å². The van der Waals surface area contributed by atoms with Crippen LogP contribution in [-0.4, -0.2) is 6.54 Å². The Hall–Kier alpha value is -4.82. The topological polar surface area (TPSA) is 6.48 Å². The lowest BCUT2D eigenvalue weighted by Crippen LogP contribution is -2.15. The van der Waals surface area contributed by atoms with Gasteiger partial charge in [0.1, 0.15) is 0 Å². The molecule has 0 aromatic heterocycles. The van der Waals surface area contributed by atoms with Gasteiger partial charge in [-0.2, -0.15) is 0 Å². The van der Waals surface area contributed by atoms with Gasteiger partial charge in [0.2, 0.25) is 0 Å². The third-order valence-corrected chi connectivity index (χ3v) is 10.0. The van der Waals surface area contributed by atoms with Crippen molar-refractivity contribution in [3.05, 3.63) is 138 Å². The summed E-state index contributed by atoms with van der Waals surface area (Å²) in [6.07, 6.45) is 1.08. The second-order valence-electron chi connectivity index (χ2n) is 15.1. The van der Waals surface area contributed by atoms with Gasteiger partial charge in [0, 0.05) is 40.1 Å². The van der Waals surface area contributed by atoms with Crippen LogP contribution in [-0.2, 0) is 17.3 Å². The monoisotopic (exact) mass is 598 g/mol. The summed E-state index contributed by atoms with van der Waals surface area (Å²) in [6.45, 7) is 14.7. The maximum absolute atomic E-state index is 2.52. The van der Waals surface area contributed by atoms with E-state index in [-0.39, 0.29) is 10.8 Å². The van der Waals surface area contributed by atoms with E-state index in [9.17, 15) is 0 Å². The van der Waals surface area contributed by atoms with Gasteiger partial charge in [0.05, 0.1) is 5.69 Å². The van der Waals surface area contributed by atoms with Gasteiger partial charge in [-0.05, 0) is 98.0 Å². The normalized spacial score (nSPS) is 13.7. The zero-order valence-corrected chi connectivity index (χ0v) is 27.9. The first-order valence-electron chi connectivity index (χ1n) is 16.7. The Bertz CT molecular complexity index is 2150. The molecule has 8 rings (SSSR count). The van der Waals surface area contributed by atoms with Crippen molar-refractivity contribution >= 4 is 60.8 Å². The van der Waals surface area contributed by atoms with E-state index in [1.807, 2.05) is 0 Å². The van der Waals surface area contributed by atoms with Crippen LogP contribution in [0.3, 0.4) is 0 Å². The van der Waals surface area contributed by atoms with E-state index in [0.29, 0.717) is 0 Å². The number of hydrogen-bond donors (Lipinski definition) is 0. The Balaban J connectivity index is 1.35. The number of hydrogen-bond acceptors (Lipinski definition) is 2. The van der Waals surface area contributed by atoms with Crippen LogP contribution in [0.5, 0.6) is 0 Å². The molecule has 0 aliphatic carbocycles. The molecule has 1 aliphatic heterocycles. The first kappa shape index (κ1) is 28.6. The number of rotatable bonds is 4. The molecule has 2 heteroatoms. The lowest BCUT2D eigenvalue weighted by molar-refractivity contribution is 0.590. The maximum Gasteiger partial charge on any atom is 0.0540 e. The highest BCUT2D eigenvalue weighted by atomic mass is 15.2. The molecule has 228 valence electrons. The van der Waals surface area contributed by atoms with E-state index in [2.05, 4.69) is 173 Å². The molecule has 0 saturated carbocycles. The number of benzene rings is 7.